The van der Waals surface area contributed by atoms with E-state index < -0.39 is 10.0 Å². The van der Waals surface area contributed by atoms with Crippen LogP contribution in [0.5, 0.6) is 11.5 Å². The number of rotatable bonds is 6. The highest BCUT2D eigenvalue weighted by atomic mass is 32.2. The lowest BCUT2D eigenvalue weighted by Crippen LogP contribution is -2.17. The molecule has 2 aromatic carbocycles. The van der Waals surface area contributed by atoms with E-state index in [1.807, 2.05) is 0 Å². The molecule has 0 radical (unpaired) electrons. The second kappa shape index (κ2) is 8.37. The highest BCUT2D eigenvalue weighted by Gasteiger charge is 2.24. The van der Waals surface area contributed by atoms with E-state index in [-0.39, 0.29) is 34.5 Å². The van der Waals surface area contributed by atoms with Crippen LogP contribution in [0.3, 0.4) is 0 Å². The van der Waals surface area contributed by atoms with Gasteiger partial charge in [-0.15, -0.1) is 0 Å². The van der Waals surface area contributed by atoms with Gasteiger partial charge in [0.25, 0.3) is 10.0 Å². The van der Waals surface area contributed by atoms with Gasteiger partial charge in [0.2, 0.25) is 5.91 Å². The van der Waals surface area contributed by atoms with Crippen LogP contribution in [-0.4, -0.2) is 42.9 Å². The largest absolute Gasteiger partial charge is 0.486 e. The molecule has 3 heterocycles. The van der Waals surface area contributed by atoms with Crippen molar-refractivity contribution >= 4 is 38.3 Å². The maximum atomic E-state index is 12.8. The maximum Gasteiger partial charge on any atom is 0.267 e. The van der Waals surface area contributed by atoms with E-state index >= 15 is 0 Å². The standard InChI is InChI=1S/C22H21N5O6S/c1-12-21(13(2)33-26-12)34(29,30)27-15-4-5-17-16(11-15)22(25-24-17)23-20(28)10-14-3-6-18-19(9-14)32-8-7-31-18/h3-6,9,11,27H,7-8,10H2,1-2H3,(H2,23,24,25,28). The first-order chi connectivity index (χ1) is 16.3. The van der Waals surface area contributed by atoms with Gasteiger partial charge in [0.15, 0.2) is 28.0 Å². The Hall–Kier alpha value is -4.06. The molecule has 2 aromatic heterocycles. The number of benzene rings is 2. The Morgan fingerprint density at radius 2 is 1.88 bits per heavy atom. The number of fused-ring (bicyclic) bond motifs is 2. The number of carbonyl (C=O) groups is 1. The molecule has 0 atom stereocenters. The zero-order valence-corrected chi connectivity index (χ0v) is 19.2. The Labute approximate surface area is 194 Å². The second-order valence-electron chi connectivity index (χ2n) is 7.79. The van der Waals surface area contributed by atoms with E-state index in [0.717, 1.165) is 5.56 Å². The topological polar surface area (TPSA) is 148 Å². The Morgan fingerprint density at radius 1 is 1.09 bits per heavy atom. The minimum atomic E-state index is -3.91. The van der Waals surface area contributed by atoms with Gasteiger partial charge in [-0.05, 0) is 49.7 Å². The molecule has 4 aromatic rings. The van der Waals surface area contributed by atoms with Crippen LogP contribution < -0.4 is 19.5 Å². The smallest absolute Gasteiger partial charge is 0.267 e. The molecule has 1 aliphatic heterocycles. The zero-order chi connectivity index (χ0) is 23.9. The van der Waals surface area contributed by atoms with Crippen LogP contribution in [-0.2, 0) is 21.2 Å². The first kappa shape index (κ1) is 21.8. The van der Waals surface area contributed by atoms with Crippen molar-refractivity contribution < 1.29 is 27.2 Å². The fourth-order valence-electron chi connectivity index (χ4n) is 3.80. The molecule has 0 spiro atoms. The number of aryl methyl sites for hydroxylation is 2. The van der Waals surface area contributed by atoms with Gasteiger partial charge in [-0.2, -0.15) is 5.10 Å². The van der Waals surface area contributed by atoms with Crippen molar-refractivity contribution in [2.75, 3.05) is 23.3 Å². The van der Waals surface area contributed by atoms with E-state index in [1.165, 1.54) is 6.92 Å². The number of H-pyrrole nitrogens is 1. The predicted octanol–water partition coefficient (Wildman–Crippen LogP) is 2.92. The van der Waals surface area contributed by atoms with Crippen molar-refractivity contribution in [2.24, 2.45) is 0 Å². The number of hydrogen-bond acceptors (Lipinski definition) is 8. The highest BCUT2D eigenvalue weighted by molar-refractivity contribution is 7.92. The zero-order valence-electron chi connectivity index (χ0n) is 18.3. The van der Waals surface area contributed by atoms with Crippen molar-refractivity contribution in [2.45, 2.75) is 25.2 Å². The first-order valence-corrected chi connectivity index (χ1v) is 11.9. The third-order valence-corrected chi connectivity index (χ3v) is 6.91. The molecule has 1 amide bonds. The van der Waals surface area contributed by atoms with Gasteiger partial charge in [0.05, 0.1) is 11.9 Å². The number of nitrogens with zero attached hydrogens (tertiary/aromatic N) is 2. The maximum absolute atomic E-state index is 12.8. The normalized spacial score (nSPS) is 13.1. The third-order valence-electron chi connectivity index (χ3n) is 5.28. The van der Waals surface area contributed by atoms with Crippen molar-refractivity contribution in [3.05, 3.63) is 53.4 Å². The predicted molar refractivity (Wildman–Crippen MR) is 123 cm³/mol. The summed E-state index contributed by atoms with van der Waals surface area (Å²) < 4.78 is 44.2. The monoisotopic (exact) mass is 483 g/mol. The minimum absolute atomic E-state index is 0.00672. The first-order valence-electron chi connectivity index (χ1n) is 10.4. The minimum Gasteiger partial charge on any atom is -0.486 e. The highest BCUT2D eigenvalue weighted by Crippen LogP contribution is 2.31. The van der Waals surface area contributed by atoms with Gasteiger partial charge in [0.1, 0.15) is 18.9 Å². The molecule has 176 valence electrons. The number of hydrogen-bond donors (Lipinski definition) is 3. The molecular weight excluding hydrogens is 462 g/mol. The third kappa shape index (κ3) is 4.15. The summed E-state index contributed by atoms with van der Waals surface area (Å²) in [6, 6.07) is 10.2. The molecule has 0 bridgehead atoms. The summed E-state index contributed by atoms with van der Waals surface area (Å²) in [4.78, 5) is 12.7. The number of nitrogens with one attached hydrogen (secondary N) is 3. The fourth-order valence-corrected chi connectivity index (χ4v) is 5.18. The molecule has 0 unspecified atom stereocenters. The van der Waals surface area contributed by atoms with E-state index in [9.17, 15) is 13.2 Å². The Balaban J connectivity index is 1.34. The summed E-state index contributed by atoms with van der Waals surface area (Å²) in [7, 11) is -3.91. The molecule has 1 aliphatic rings. The van der Waals surface area contributed by atoms with Gasteiger partial charge in [-0.1, -0.05) is 11.2 Å². The van der Waals surface area contributed by atoms with Gasteiger partial charge >= 0.3 is 0 Å². The van der Waals surface area contributed by atoms with Gasteiger partial charge in [-0.3, -0.25) is 14.6 Å². The Bertz CT molecular complexity index is 1490. The molecule has 0 saturated heterocycles. The van der Waals surface area contributed by atoms with Crippen molar-refractivity contribution in [3.63, 3.8) is 0 Å². The summed E-state index contributed by atoms with van der Waals surface area (Å²) >= 11 is 0. The summed E-state index contributed by atoms with van der Waals surface area (Å²) in [6.07, 6.45) is 0.101. The lowest BCUT2D eigenvalue weighted by Gasteiger charge is -2.18. The van der Waals surface area contributed by atoms with Crippen LogP contribution in [0.1, 0.15) is 17.0 Å². The summed E-state index contributed by atoms with van der Waals surface area (Å²) in [5, 5.41) is 14.0. The van der Waals surface area contributed by atoms with Gasteiger partial charge in [-0.25, -0.2) is 8.42 Å². The Morgan fingerprint density at radius 3 is 2.65 bits per heavy atom. The lowest BCUT2D eigenvalue weighted by atomic mass is 10.1. The quantitative estimate of drug-likeness (QED) is 0.379. The van der Waals surface area contributed by atoms with Crippen molar-refractivity contribution in [1.82, 2.24) is 15.4 Å². The Kier molecular flexibility index (Phi) is 5.36. The molecule has 5 rings (SSSR count). The van der Waals surface area contributed by atoms with Gasteiger partial charge < -0.3 is 19.3 Å². The molecule has 0 fully saturated rings. The van der Waals surface area contributed by atoms with Crippen LogP contribution in [0.4, 0.5) is 11.5 Å². The number of amides is 1. The van der Waals surface area contributed by atoms with E-state index in [4.69, 9.17) is 14.0 Å². The van der Waals surface area contributed by atoms with Crippen LogP contribution in [0, 0.1) is 13.8 Å². The fraction of sp³-hybridized carbons (Fsp3) is 0.227. The molecule has 0 saturated carbocycles. The molecule has 11 nitrogen and oxygen atoms in total. The number of aromatic amines is 1. The summed E-state index contributed by atoms with van der Waals surface area (Å²) in [5.74, 6) is 1.46. The molecule has 3 N–H and O–H groups in total. The molecular formula is C22H21N5O6S. The van der Waals surface area contributed by atoms with Crippen LogP contribution in [0.25, 0.3) is 10.9 Å². The number of ether oxygens (including phenoxy) is 2. The molecule has 0 aliphatic carbocycles. The average molecular weight is 484 g/mol. The summed E-state index contributed by atoms with van der Waals surface area (Å²) in [6.45, 7) is 4.04. The van der Waals surface area contributed by atoms with E-state index in [1.54, 1.807) is 43.3 Å². The number of sulfonamides is 1. The van der Waals surface area contributed by atoms with E-state index in [2.05, 4.69) is 25.4 Å². The number of anilines is 2. The average Bonchev–Trinajstić information content (AvgIpc) is 3.35. The molecule has 12 heteroatoms. The van der Waals surface area contributed by atoms with Gasteiger partial charge in [0, 0.05) is 11.1 Å². The second-order valence-corrected chi connectivity index (χ2v) is 9.41. The SMILES string of the molecule is Cc1noc(C)c1S(=O)(=O)Nc1ccc2[nH]nc(NC(=O)Cc3ccc4c(c3)OCCO4)c2c1. The van der Waals surface area contributed by atoms with E-state index in [0.29, 0.717) is 41.3 Å². The van der Waals surface area contributed by atoms with Crippen molar-refractivity contribution in [3.8, 4) is 11.5 Å². The number of carbonyl (C=O) groups excluding carboxylic acids is 1. The molecule has 34 heavy (non-hydrogen) atoms. The van der Waals surface area contributed by atoms with Crippen LogP contribution >= 0.6 is 0 Å². The van der Waals surface area contributed by atoms with Crippen LogP contribution in [0.2, 0.25) is 0 Å². The van der Waals surface area contributed by atoms with Crippen LogP contribution in [0.15, 0.2) is 45.8 Å². The number of aromatic nitrogens is 3. The van der Waals surface area contributed by atoms with Crippen molar-refractivity contribution in [1.29, 1.82) is 0 Å². The summed E-state index contributed by atoms with van der Waals surface area (Å²) in [5.41, 5.74) is 1.96. The lowest BCUT2D eigenvalue weighted by molar-refractivity contribution is -0.115.